The van der Waals surface area contributed by atoms with E-state index in [2.05, 4.69) is 49.5 Å². The van der Waals surface area contributed by atoms with E-state index in [1.54, 1.807) is 0 Å². The number of nitrogens with one attached hydrogen (secondary N) is 1. The van der Waals surface area contributed by atoms with Gasteiger partial charge in [0.05, 0.1) is 12.6 Å². The van der Waals surface area contributed by atoms with E-state index in [-0.39, 0.29) is 6.04 Å². The van der Waals surface area contributed by atoms with Crippen LogP contribution in [0.25, 0.3) is 0 Å². The molecule has 3 heteroatoms. The first kappa shape index (κ1) is 14.1. The number of benzene rings is 1. The summed E-state index contributed by atoms with van der Waals surface area (Å²) < 4.78 is 5.77. The second-order valence-corrected chi connectivity index (χ2v) is 5.96. The molecule has 0 saturated carbocycles. The summed E-state index contributed by atoms with van der Waals surface area (Å²) in [7, 11) is 2.00. The van der Waals surface area contributed by atoms with Gasteiger partial charge in [-0.2, -0.15) is 0 Å². The van der Waals surface area contributed by atoms with Gasteiger partial charge in [-0.15, -0.1) is 11.3 Å². The van der Waals surface area contributed by atoms with Crippen molar-refractivity contribution in [1.29, 1.82) is 0 Å². The summed E-state index contributed by atoms with van der Waals surface area (Å²) in [5.41, 5.74) is 2.47. The average molecular weight is 275 g/mol. The fourth-order valence-corrected chi connectivity index (χ4v) is 3.25. The standard InChI is InChI=1S/C16H21NOS/c1-5-18-14-8-6-11(2)10-13(14)16(17-4)15-9-7-12(3)19-15/h6-10,16-17H,5H2,1-4H3. The zero-order chi connectivity index (χ0) is 13.8. The quantitative estimate of drug-likeness (QED) is 0.888. The smallest absolute Gasteiger partial charge is 0.124 e. The summed E-state index contributed by atoms with van der Waals surface area (Å²) in [5, 5.41) is 3.40. The molecule has 2 rings (SSSR count). The average Bonchev–Trinajstić information content (AvgIpc) is 2.80. The van der Waals surface area contributed by atoms with Crippen LogP contribution in [0, 0.1) is 13.8 Å². The number of thiophene rings is 1. The summed E-state index contributed by atoms with van der Waals surface area (Å²) in [6.07, 6.45) is 0. The topological polar surface area (TPSA) is 21.3 Å². The lowest BCUT2D eigenvalue weighted by molar-refractivity contribution is 0.334. The van der Waals surface area contributed by atoms with Crippen molar-refractivity contribution in [3.63, 3.8) is 0 Å². The van der Waals surface area contributed by atoms with Crippen molar-refractivity contribution in [1.82, 2.24) is 5.32 Å². The van der Waals surface area contributed by atoms with E-state index >= 15 is 0 Å². The molecule has 19 heavy (non-hydrogen) atoms. The molecule has 2 aromatic rings. The minimum absolute atomic E-state index is 0.195. The van der Waals surface area contributed by atoms with Crippen molar-refractivity contribution in [2.75, 3.05) is 13.7 Å². The molecule has 0 aliphatic heterocycles. The molecule has 1 aromatic carbocycles. The normalized spacial score (nSPS) is 12.4. The highest BCUT2D eigenvalue weighted by atomic mass is 32.1. The number of rotatable bonds is 5. The highest BCUT2D eigenvalue weighted by Crippen LogP contribution is 2.34. The Morgan fingerprint density at radius 1 is 1.21 bits per heavy atom. The Labute approximate surface area is 119 Å². The highest BCUT2D eigenvalue weighted by Gasteiger charge is 2.18. The Balaban J connectivity index is 2.44. The maximum atomic E-state index is 5.77. The van der Waals surface area contributed by atoms with Crippen molar-refractivity contribution in [2.45, 2.75) is 26.8 Å². The Kier molecular flexibility index (Phi) is 4.61. The fraction of sp³-hybridized carbons (Fsp3) is 0.375. The van der Waals surface area contributed by atoms with Gasteiger partial charge in [-0.25, -0.2) is 0 Å². The number of hydrogen-bond donors (Lipinski definition) is 1. The van der Waals surface area contributed by atoms with Crippen molar-refractivity contribution >= 4 is 11.3 Å². The molecule has 0 aliphatic carbocycles. The van der Waals surface area contributed by atoms with Crippen LogP contribution >= 0.6 is 11.3 Å². The van der Waals surface area contributed by atoms with Crippen molar-refractivity contribution < 1.29 is 4.74 Å². The van der Waals surface area contributed by atoms with Crippen molar-refractivity contribution in [3.8, 4) is 5.75 Å². The number of aryl methyl sites for hydroxylation is 2. The number of ether oxygens (including phenoxy) is 1. The maximum absolute atomic E-state index is 5.77. The molecule has 0 bridgehead atoms. The summed E-state index contributed by atoms with van der Waals surface area (Å²) in [4.78, 5) is 2.66. The van der Waals surface area contributed by atoms with Gasteiger partial charge in [0.25, 0.3) is 0 Å². The molecule has 2 nitrogen and oxygen atoms in total. The first-order chi connectivity index (χ1) is 9.15. The first-order valence-corrected chi connectivity index (χ1v) is 7.44. The van der Waals surface area contributed by atoms with Crippen LogP contribution in [0.5, 0.6) is 5.75 Å². The van der Waals surface area contributed by atoms with Gasteiger partial charge >= 0.3 is 0 Å². The predicted octanol–water partition coefficient (Wildman–Crippen LogP) is 4.07. The van der Waals surface area contributed by atoms with E-state index < -0.39 is 0 Å². The molecule has 1 unspecified atom stereocenters. The summed E-state index contributed by atoms with van der Waals surface area (Å²) in [6.45, 7) is 6.97. The minimum Gasteiger partial charge on any atom is -0.494 e. The van der Waals surface area contributed by atoms with E-state index in [4.69, 9.17) is 4.74 Å². The highest BCUT2D eigenvalue weighted by molar-refractivity contribution is 7.12. The van der Waals surface area contributed by atoms with Gasteiger partial charge in [0.15, 0.2) is 0 Å². The molecule has 0 radical (unpaired) electrons. The molecular weight excluding hydrogens is 254 g/mol. The monoisotopic (exact) mass is 275 g/mol. The lowest BCUT2D eigenvalue weighted by atomic mass is 10.0. The maximum Gasteiger partial charge on any atom is 0.124 e. The predicted molar refractivity (Wildman–Crippen MR) is 82.3 cm³/mol. The van der Waals surface area contributed by atoms with Gasteiger partial charge in [0, 0.05) is 15.3 Å². The van der Waals surface area contributed by atoms with E-state index in [0.29, 0.717) is 6.61 Å². The third-order valence-corrected chi connectivity index (χ3v) is 4.18. The summed E-state index contributed by atoms with van der Waals surface area (Å²) >= 11 is 1.83. The Bertz CT molecular complexity index is 547. The van der Waals surface area contributed by atoms with Crippen molar-refractivity contribution in [2.24, 2.45) is 0 Å². The van der Waals surface area contributed by atoms with Crippen molar-refractivity contribution in [3.05, 3.63) is 51.2 Å². The molecule has 1 aromatic heterocycles. The molecule has 102 valence electrons. The molecule has 0 spiro atoms. The summed E-state index contributed by atoms with van der Waals surface area (Å²) in [6, 6.07) is 10.9. The van der Waals surface area contributed by atoms with Gasteiger partial charge in [-0.3, -0.25) is 0 Å². The Morgan fingerprint density at radius 3 is 2.58 bits per heavy atom. The fourth-order valence-electron chi connectivity index (χ4n) is 2.24. The Hall–Kier alpha value is -1.32. The zero-order valence-electron chi connectivity index (χ0n) is 12.0. The molecule has 1 heterocycles. The molecule has 0 fully saturated rings. The van der Waals surface area contributed by atoms with Crippen LogP contribution in [0.2, 0.25) is 0 Å². The van der Waals surface area contributed by atoms with E-state index in [1.807, 2.05) is 25.3 Å². The van der Waals surface area contributed by atoms with Crippen LogP contribution in [-0.2, 0) is 0 Å². The third kappa shape index (κ3) is 3.17. The van der Waals surface area contributed by atoms with Gasteiger partial charge in [-0.1, -0.05) is 17.7 Å². The molecule has 1 atom stereocenters. The van der Waals surface area contributed by atoms with Gasteiger partial charge < -0.3 is 10.1 Å². The second kappa shape index (κ2) is 6.22. The molecular formula is C16H21NOS. The Morgan fingerprint density at radius 2 is 2.00 bits per heavy atom. The van der Waals surface area contributed by atoms with E-state index in [0.717, 1.165) is 5.75 Å². The molecule has 0 aliphatic rings. The first-order valence-electron chi connectivity index (χ1n) is 6.62. The molecule has 1 N–H and O–H groups in total. The molecule has 0 amide bonds. The number of hydrogen-bond acceptors (Lipinski definition) is 3. The van der Waals surface area contributed by atoms with Gasteiger partial charge in [0.2, 0.25) is 0 Å². The molecule has 0 saturated heterocycles. The SMILES string of the molecule is CCOc1ccc(C)cc1C(NC)c1ccc(C)s1. The van der Waals surface area contributed by atoms with Crippen LogP contribution in [0.3, 0.4) is 0 Å². The minimum atomic E-state index is 0.195. The van der Waals surface area contributed by atoms with Gasteiger partial charge in [0.1, 0.15) is 5.75 Å². The second-order valence-electron chi connectivity index (χ2n) is 4.64. The lowest BCUT2D eigenvalue weighted by Gasteiger charge is -2.19. The largest absolute Gasteiger partial charge is 0.494 e. The van der Waals surface area contributed by atoms with E-state index in [1.165, 1.54) is 20.9 Å². The third-order valence-electron chi connectivity index (χ3n) is 3.11. The van der Waals surface area contributed by atoms with Gasteiger partial charge in [-0.05, 0) is 46.0 Å². The van der Waals surface area contributed by atoms with Crippen LogP contribution in [0.15, 0.2) is 30.3 Å². The van der Waals surface area contributed by atoms with Crippen LogP contribution < -0.4 is 10.1 Å². The summed E-state index contributed by atoms with van der Waals surface area (Å²) in [5.74, 6) is 0.971. The lowest BCUT2D eigenvalue weighted by Crippen LogP contribution is -2.17. The van der Waals surface area contributed by atoms with Crippen LogP contribution in [-0.4, -0.2) is 13.7 Å². The van der Waals surface area contributed by atoms with E-state index in [9.17, 15) is 0 Å². The zero-order valence-corrected chi connectivity index (χ0v) is 12.8. The van der Waals surface area contributed by atoms with Crippen LogP contribution in [0.4, 0.5) is 0 Å². The van der Waals surface area contributed by atoms with Crippen LogP contribution in [0.1, 0.15) is 33.8 Å².